The summed E-state index contributed by atoms with van der Waals surface area (Å²) in [7, 11) is 0. The molecule has 0 aliphatic heterocycles. The maximum absolute atomic E-state index is 11.7. The van der Waals surface area contributed by atoms with E-state index in [-0.39, 0.29) is 43.5 Å². The van der Waals surface area contributed by atoms with Crippen LogP contribution >= 0.6 is 11.3 Å². The number of carbonyl (C=O) groups excluding carboxylic acids is 1. The monoisotopic (exact) mass is 941 g/mol. The number of para-hydroxylation sites is 1. The van der Waals surface area contributed by atoms with E-state index in [1.807, 2.05) is 45.9 Å². The fraction of sp³-hybridized carbons (Fsp3) is 0.320. The molecule has 0 saturated carbocycles. The molecule has 0 atom stereocenters. The van der Waals surface area contributed by atoms with Crippen molar-refractivity contribution in [1.29, 1.82) is 0 Å². The van der Waals surface area contributed by atoms with Crippen molar-refractivity contribution in [1.82, 2.24) is 4.98 Å². The van der Waals surface area contributed by atoms with Crippen LogP contribution in [-0.2, 0) is 24.9 Å². The number of ketones is 1. The fourth-order valence-corrected chi connectivity index (χ4v) is 8.68. The number of carbonyl (C=O) groups is 1. The number of fused-ring (bicyclic) bond motifs is 4. The van der Waals surface area contributed by atoms with Gasteiger partial charge in [-0.3, -0.25) is 9.78 Å². The van der Waals surface area contributed by atoms with Crippen molar-refractivity contribution in [3.63, 3.8) is 0 Å². The van der Waals surface area contributed by atoms with Crippen LogP contribution in [0.15, 0.2) is 113 Å². The number of rotatable bonds is 12. The summed E-state index contributed by atoms with van der Waals surface area (Å²) >= 11 is 1.74. The zero-order chi connectivity index (χ0) is 39.2. The minimum absolute atomic E-state index is 0. The molecule has 1 radical (unpaired) electrons. The van der Waals surface area contributed by atoms with Gasteiger partial charge >= 0.3 is 0 Å². The van der Waals surface area contributed by atoms with Gasteiger partial charge < -0.3 is 9.52 Å². The molecule has 1 N–H and O–H groups in total. The van der Waals surface area contributed by atoms with Crippen molar-refractivity contribution >= 4 is 49.3 Å². The van der Waals surface area contributed by atoms with Gasteiger partial charge in [0.25, 0.3) is 0 Å². The van der Waals surface area contributed by atoms with E-state index >= 15 is 0 Å². The number of allylic oxidation sites excluding steroid dienone is 2. The molecule has 2 aromatic heterocycles. The van der Waals surface area contributed by atoms with Crippen molar-refractivity contribution < 1.29 is 34.4 Å². The molecule has 0 fully saturated rings. The first-order valence-electron chi connectivity index (χ1n) is 20.0. The molecule has 56 heavy (non-hydrogen) atoms. The van der Waals surface area contributed by atoms with E-state index in [0.717, 1.165) is 63.7 Å². The fourth-order valence-electron chi connectivity index (χ4n) is 7.59. The Morgan fingerprint density at radius 2 is 1.39 bits per heavy atom. The van der Waals surface area contributed by atoms with Crippen molar-refractivity contribution in [3.05, 3.63) is 126 Å². The normalized spacial score (nSPS) is 11.9. The predicted octanol–water partition coefficient (Wildman–Crippen LogP) is 15.1. The number of aliphatic hydroxyl groups excluding tert-OH is 1. The Kier molecular flexibility index (Phi) is 14.7. The second kappa shape index (κ2) is 19.2. The maximum atomic E-state index is 11.7. The van der Waals surface area contributed by atoms with Gasteiger partial charge in [0.15, 0.2) is 5.78 Å². The van der Waals surface area contributed by atoms with Crippen molar-refractivity contribution in [2.24, 2.45) is 11.8 Å². The number of hydrogen-bond acceptors (Lipinski definition) is 5. The molecule has 0 amide bonds. The first-order valence-corrected chi connectivity index (χ1v) is 20.8. The summed E-state index contributed by atoms with van der Waals surface area (Å²) in [5, 5.41) is 12.9. The third kappa shape index (κ3) is 8.94. The van der Waals surface area contributed by atoms with Crippen LogP contribution in [0.1, 0.15) is 104 Å². The Bertz CT molecular complexity index is 2400. The largest absolute Gasteiger partial charge is 0.512 e. The SMILES string of the molecule is CC(C)c1cc(-c2ccccc2)cc(C(C)C)c1-c1cccc2nc(-c3[c-]ccc4c3oc3ccccc34)sc12.CCC(CC)C(=O)/C=C(\O)C(CC)CC.[Ir]. The van der Waals surface area contributed by atoms with Gasteiger partial charge in [0.1, 0.15) is 5.58 Å². The van der Waals surface area contributed by atoms with E-state index in [9.17, 15) is 9.90 Å². The molecule has 6 heteroatoms. The first kappa shape index (κ1) is 42.8. The van der Waals surface area contributed by atoms with Gasteiger partial charge in [0, 0.05) is 54.0 Å². The number of furan rings is 1. The average Bonchev–Trinajstić information content (AvgIpc) is 3.81. The second-order valence-corrected chi connectivity index (χ2v) is 16.1. The molecule has 293 valence electrons. The number of hydrogen-bond donors (Lipinski definition) is 1. The molecule has 7 rings (SSSR count). The second-order valence-electron chi connectivity index (χ2n) is 15.1. The van der Waals surface area contributed by atoms with E-state index in [2.05, 4.69) is 113 Å². The molecule has 0 bridgehead atoms. The minimum Gasteiger partial charge on any atom is -0.512 e. The van der Waals surface area contributed by atoms with Crippen molar-refractivity contribution in [3.8, 4) is 32.8 Å². The van der Waals surface area contributed by atoms with E-state index < -0.39 is 0 Å². The predicted molar refractivity (Wildman–Crippen MR) is 234 cm³/mol. The third-order valence-corrected chi connectivity index (χ3v) is 12.0. The summed E-state index contributed by atoms with van der Waals surface area (Å²) in [6.45, 7) is 17.3. The number of thiazole rings is 1. The Balaban J connectivity index is 0.000000322. The maximum Gasteiger partial charge on any atom is 0.162 e. The van der Waals surface area contributed by atoms with Crippen LogP contribution in [-0.4, -0.2) is 15.9 Å². The minimum atomic E-state index is 0. The Hall–Kier alpha value is -4.35. The van der Waals surface area contributed by atoms with E-state index in [4.69, 9.17) is 9.40 Å². The van der Waals surface area contributed by atoms with Crippen LogP contribution in [0.3, 0.4) is 0 Å². The zero-order valence-corrected chi connectivity index (χ0v) is 37.1. The molecule has 0 spiro atoms. The van der Waals surface area contributed by atoms with Gasteiger partial charge in [-0.25, -0.2) is 0 Å². The van der Waals surface area contributed by atoms with E-state index in [1.54, 1.807) is 11.3 Å². The summed E-state index contributed by atoms with van der Waals surface area (Å²) < 4.78 is 7.54. The Morgan fingerprint density at radius 1 is 0.768 bits per heavy atom. The quantitative estimate of drug-likeness (QED) is 0.0753. The first-order chi connectivity index (χ1) is 26.6. The summed E-state index contributed by atoms with van der Waals surface area (Å²) in [5.74, 6) is 1.29. The van der Waals surface area contributed by atoms with Gasteiger partial charge in [-0.1, -0.05) is 139 Å². The van der Waals surface area contributed by atoms with Gasteiger partial charge in [0.05, 0.1) is 21.6 Å². The van der Waals surface area contributed by atoms with Crippen LogP contribution in [0, 0.1) is 17.9 Å². The van der Waals surface area contributed by atoms with Crippen LogP contribution in [0.5, 0.6) is 0 Å². The van der Waals surface area contributed by atoms with E-state index in [0.29, 0.717) is 11.8 Å². The zero-order valence-electron chi connectivity index (χ0n) is 33.9. The summed E-state index contributed by atoms with van der Waals surface area (Å²) in [5.41, 5.74) is 11.6. The molecule has 7 aromatic rings. The number of nitrogens with zero attached hydrogens (tertiary/aromatic N) is 1. The summed E-state index contributed by atoms with van der Waals surface area (Å²) in [4.78, 5) is 16.8. The molecule has 0 saturated heterocycles. The van der Waals surface area contributed by atoms with E-state index in [1.165, 1.54) is 44.2 Å². The average molecular weight is 941 g/mol. The molecule has 0 aliphatic carbocycles. The molecule has 5 aromatic carbocycles. The Morgan fingerprint density at radius 3 is 2.02 bits per heavy atom. The Labute approximate surface area is 350 Å². The van der Waals surface area contributed by atoms with Crippen LogP contribution in [0.4, 0.5) is 0 Å². The topological polar surface area (TPSA) is 63.3 Å². The van der Waals surface area contributed by atoms with Gasteiger partial charge in [-0.05, 0) is 77.5 Å². The standard InChI is InChI=1S/C37H30NOS.C13H24O2.Ir/c1-22(2)30-20-25(24-12-6-5-7-13-24)21-31(23(3)4)34(30)28-16-11-18-32-36(28)40-37(38-32)29-17-10-15-27-26-14-8-9-19-33(26)39-35(27)29;1-5-10(6-2)12(14)9-13(15)11(7-3)8-4;/h5-16,18-23H,1-4H3;9-11,14H,5-8H2,1-4H3;/q-1;;/b;12-9-;. The van der Waals surface area contributed by atoms with Crippen LogP contribution in [0.25, 0.3) is 65.0 Å². The summed E-state index contributed by atoms with van der Waals surface area (Å²) in [6.07, 6.45) is 4.91. The van der Waals surface area contributed by atoms with Crippen LogP contribution in [0.2, 0.25) is 0 Å². The molecule has 4 nitrogen and oxygen atoms in total. The molecule has 0 unspecified atom stereocenters. The molecular weight excluding hydrogens is 887 g/mol. The van der Waals surface area contributed by atoms with Gasteiger partial charge in [-0.15, -0.1) is 18.2 Å². The molecular formula is C50H54IrNO3S-. The molecule has 2 heterocycles. The van der Waals surface area contributed by atoms with Crippen molar-refractivity contribution in [2.75, 3.05) is 0 Å². The van der Waals surface area contributed by atoms with Crippen LogP contribution < -0.4 is 0 Å². The number of aromatic nitrogens is 1. The summed E-state index contributed by atoms with van der Waals surface area (Å²) in [6, 6.07) is 37.8. The van der Waals surface area contributed by atoms with Gasteiger partial charge in [-0.2, -0.15) is 11.3 Å². The third-order valence-electron chi connectivity index (χ3n) is 10.9. The molecule has 0 aliphatic rings. The van der Waals surface area contributed by atoms with Crippen molar-refractivity contribution in [2.45, 2.75) is 92.9 Å². The van der Waals surface area contributed by atoms with Gasteiger partial charge in [0.2, 0.25) is 0 Å². The number of aliphatic hydroxyl groups is 1. The smallest absolute Gasteiger partial charge is 0.162 e. The number of benzene rings is 5.